The molecule has 7 nitrogen and oxygen atoms in total. The average Bonchev–Trinajstić information content (AvgIpc) is 3.21. The smallest absolute Gasteiger partial charge is 0.337 e. The number of benzene rings is 1. The molecule has 0 bridgehead atoms. The molecule has 0 radical (unpaired) electrons. The van der Waals surface area contributed by atoms with Gasteiger partial charge in [-0.2, -0.15) is 0 Å². The Morgan fingerprint density at radius 3 is 2.73 bits per heavy atom. The van der Waals surface area contributed by atoms with Gasteiger partial charge in [0, 0.05) is 41.1 Å². The number of aliphatic hydroxyl groups excluding tert-OH is 1. The van der Waals surface area contributed by atoms with Crippen LogP contribution in [0.25, 0.3) is 16.9 Å². The number of aryl methyl sites for hydroxylation is 1. The number of anilines is 1. The first-order valence-electron chi connectivity index (χ1n) is 10.9. The molecule has 1 aliphatic heterocycles. The van der Waals surface area contributed by atoms with Crippen molar-refractivity contribution in [1.29, 1.82) is 0 Å². The van der Waals surface area contributed by atoms with E-state index in [0.29, 0.717) is 42.2 Å². The van der Waals surface area contributed by atoms with Gasteiger partial charge in [0.15, 0.2) is 11.8 Å². The topological polar surface area (TPSA) is 87.3 Å². The molecule has 1 atom stereocenters. The highest BCUT2D eigenvalue weighted by Crippen LogP contribution is 2.38. The van der Waals surface area contributed by atoms with Gasteiger partial charge in [0.1, 0.15) is 0 Å². The Morgan fingerprint density at radius 1 is 1.36 bits per heavy atom. The number of ether oxygens (including phenoxy) is 1. The number of hydrogen-bond donors (Lipinski definition) is 2. The second kappa shape index (κ2) is 9.29. The number of halogens is 1. The molecule has 3 aromatic rings. The van der Waals surface area contributed by atoms with Gasteiger partial charge >= 0.3 is 5.97 Å². The fourth-order valence-corrected chi connectivity index (χ4v) is 4.83. The van der Waals surface area contributed by atoms with Crippen molar-refractivity contribution < 1.29 is 19.7 Å². The maximum absolute atomic E-state index is 11.8. The van der Waals surface area contributed by atoms with Crippen LogP contribution in [0.4, 0.5) is 5.69 Å². The third-order valence-corrected chi connectivity index (χ3v) is 6.76. The van der Waals surface area contributed by atoms with E-state index in [9.17, 15) is 15.0 Å². The van der Waals surface area contributed by atoms with Gasteiger partial charge in [0.05, 0.1) is 23.6 Å². The van der Waals surface area contributed by atoms with Gasteiger partial charge < -0.3 is 24.3 Å². The fraction of sp³-hybridized carbons (Fsp3) is 0.360. The molecule has 1 fully saturated rings. The van der Waals surface area contributed by atoms with Crippen LogP contribution >= 0.6 is 15.9 Å². The summed E-state index contributed by atoms with van der Waals surface area (Å²) in [6.07, 6.45) is 5.41. The molecule has 8 heteroatoms. The minimum atomic E-state index is -1.64. The first-order valence-corrected chi connectivity index (χ1v) is 11.7. The van der Waals surface area contributed by atoms with Crippen molar-refractivity contribution in [2.24, 2.45) is 0 Å². The summed E-state index contributed by atoms with van der Waals surface area (Å²) < 4.78 is 8.86. The predicted octanol–water partition coefficient (Wildman–Crippen LogP) is 4.75. The number of aliphatic carboxylic acids is 1. The summed E-state index contributed by atoms with van der Waals surface area (Å²) in [4.78, 5) is 18.8. The molecule has 0 aliphatic carbocycles. The standard InChI is InChI=1S/C25H28BrN3O4/c1-4-12-33-25(3)8-10-28(11-9-25)21-20(22(30)24(31)32)16(2)14-29-15-19(27-23(21)29)17-6-5-7-18(26)13-17/h4-7,13-15,22,30H,1,8-12H2,2-3H3,(H,31,32). The molecule has 1 aromatic carbocycles. The van der Waals surface area contributed by atoms with Crippen molar-refractivity contribution >= 4 is 33.2 Å². The lowest BCUT2D eigenvalue weighted by Crippen LogP contribution is -2.45. The van der Waals surface area contributed by atoms with Crippen molar-refractivity contribution in [1.82, 2.24) is 9.38 Å². The summed E-state index contributed by atoms with van der Waals surface area (Å²) in [6, 6.07) is 7.87. The molecule has 4 rings (SSSR count). The molecule has 3 heterocycles. The monoisotopic (exact) mass is 513 g/mol. The molecule has 2 aromatic heterocycles. The molecule has 174 valence electrons. The largest absolute Gasteiger partial charge is 0.479 e. The number of fused-ring (bicyclic) bond motifs is 1. The Balaban J connectivity index is 1.82. The van der Waals surface area contributed by atoms with Crippen LogP contribution in [0.15, 0.2) is 53.8 Å². The number of aliphatic hydroxyl groups is 1. The third-order valence-electron chi connectivity index (χ3n) is 6.27. The normalized spacial score (nSPS) is 16.7. The fourth-order valence-electron chi connectivity index (χ4n) is 4.43. The van der Waals surface area contributed by atoms with Gasteiger partial charge in [-0.25, -0.2) is 9.78 Å². The summed E-state index contributed by atoms with van der Waals surface area (Å²) in [5, 5.41) is 20.2. The van der Waals surface area contributed by atoms with Crippen LogP contribution in [0.2, 0.25) is 0 Å². The van der Waals surface area contributed by atoms with E-state index in [0.717, 1.165) is 28.6 Å². The minimum absolute atomic E-state index is 0.271. The maximum Gasteiger partial charge on any atom is 0.337 e. The van der Waals surface area contributed by atoms with Crippen LogP contribution in [-0.2, 0) is 9.53 Å². The molecule has 33 heavy (non-hydrogen) atoms. The van der Waals surface area contributed by atoms with Crippen molar-refractivity contribution in [2.45, 2.75) is 38.4 Å². The van der Waals surface area contributed by atoms with Crippen LogP contribution in [0.3, 0.4) is 0 Å². The van der Waals surface area contributed by atoms with Crippen LogP contribution in [-0.4, -0.2) is 50.9 Å². The SMILES string of the molecule is C=CCOC1(C)CCN(c2c(C(O)C(=O)O)c(C)cn3cc(-c4cccc(Br)c4)nc23)CC1. The average molecular weight is 514 g/mol. The van der Waals surface area contributed by atoms with E-state index in [-0.39, 0.29) is 5.60 Å². The number of piperidine rings is 1. The van der Waals surface area contributed by atoms with Crippen LogP contribution in [0, 0.1) is 6.92 Å². The predicted molar refractivity (Wildman–Crippen MR) is 132 cm³/mol. The molecule has 1 unspecified atom stereocenters. The second-order valence-electron chi connectivity index (χ2n) is 8.72. The molecule has 1 saturated heterocycles. The number of carboxylic acids is 1. The van der Waals surface area contributed by atoms with E-state index >= 15 is 0 Å². The zero-order valence-corrected chi connectivity index (χ0v) is 20.4. The highest BCUT2D eigenvalue weighted by molar-refractivity contribution is 9.10. The number of nitrogens with zero attached hydrogens (tertiary/aromatic N) is 3. The molecule has 2 N–H and O–H groups in total. The zero-order chi connectivity index (χ0) is 23.8. The quantitative estimate of drug-likeness (QED) is 0.443. The van der Waals surface area contributed by atoms with Crippen molar-refractivity contribution in [2.75, 3.05) is 24.6 Å². The number of imidazole rings is 1. The van der Waals surface area contributed by atoms with Gasteiger partial charge in [-0.3, -0.25) is 0 Å². The summed E-state index contributed by atoms with van der Waals surface area (Å²) >= 11 is 3.51. The van der Waals surface area contributed by atoms with Crippen LogP contribution in [0.5, 0.6) is 0 Å². The minimum Gasteiger partial charge on any atom is -0.479 e. The number of hydrogen-bond acceptors (Lipinski definition) is 5. The Kier molecular flexibility index (Phi) is 6.61. The number of rotatable bonds is 7. The van der Waals surface area contributed by atoms with Crippen LogP contribution < -0.4 is 4.90 Å². The van der Waals surface area contributed by atoms with E-state index in [1.54, 1.807) is 6.08 Å². The highest BCUT2D eigenvalue weighted by atomic mass is 79.9. The maximum atomic E-state index is 11.8. The molecule has 0 spiro atoms. The second-order valence-corrected chi connectivity index (χ2v) is 9.63. The molecule has 1 aliphatic rings. The summed E-state index contributed by atoms with van der Waals surface area (Å²) in [6.45, 7) is 9.45. The van der Waals surface area contributed by atoms with Gasteiger partial charge in [0.2, 0.25) is 0 Å². The molecular weight excluding hydrogens is 486 g/mol. The van der Waals surface area contributed by atoms with E-state index in [4.69, 9.17) is 9.72 Å². The first-order chi connectivity index (χ1) is 15.7. The van der Waals surface area contributed by atoms with Gasteiger partial charge in [-0.1, -0.05) is 34.1 Å². The summed E-state index contributed by atoms with van der Waals surface area (Å²) in [5.74, 6) is -1.28. The van der Waals surface area contributed by atoms with E-state index < -0.39 is 12.1 Å². The summed E-state index contributed by atoms with van der Waals surface area (Å²) in [7, 11) is 0. The molecular formula is C25H28BrN3O4. The van der Waals surface area contributed by atoms with E-state index in [2.05, 4.69) is 34.3 Å². The van der Waals surface area contributed by atoms with E-state index in [1.807, 2.05) is 48.0 Å². The van der Waals surface area contributed by atoms with Gasteiger partial charge in [-0.05, 0) is 44.4 Å². The lowest BCUT2D eigenvalue weighted by atomic mass is 9.92. The number of carbonyl (C=O) groups is 1. The lowest BCUT2D eigenvalue weighted by Gasteiger charge is -2.41. The number of aromatic nitrogens is 2. The lowest BCUT2D eigenvalue weighted by molar-refractivity contribution is -0.146. The van der Waals surface area contributed by atoms with Crippen molar-refractivity contribution in [3.8, 4) is 11.3 Å². The number of pyridine rings is 1. The third kappa shape index (κ3) is 4.69. The van der Waals surface area contributed by atoms with E-state index in [1.165, 1.54) is 0 Å². The summed E-state index contributed by atoms with van der Waals surface area (Å²) in [5.41, 5.74) is 3.82. The molecule has 0 amide bonds. The Morgan fingerprint density at radius 2 is 2.09 bits per heavy atom. The Labute approximate surface area is 201 Å². The Bertz CT molecular complexity index is 1200. The first kappa shape index (κ1) is 23.5. The van der Waals surface area contributed by atoms with Crippen molar-refractivity contribution in [3.63, 3.8) is 0 Å². The van der Waals surface area contributed by atoms with Gasteiger partial charge in [-0.15, -0.1) is 6.58 Å². The molecule has 0 saturated carbocycles. The zero-order valence-electron chi connectivity index (χ0n) is 18.8. The Hall–Kier alpha value is -2.68. The highest BCUT2D eigenvalue weighted by Gasteiger charge is 2.35. The van der Waals surface area contributed by atoms with Crippen molar-refractivity contribution in [3.05, 3.63) is 64.9 Å². The number of carboxylic acid groups (broad SMARTS) is 1. The van der Waals surface area contributed by atoms with Gasteiger partial charge in [0.25, 0.3) is 0 Å². The van der Waals surface area contributed by atoms with Crippen LogP contribution in [0.1, 0.15) is 37.0 Å².